The third-order valence-electron chi connectivity index (χ3n) is 4.04. The van der Waals surface area contributed by atoms with E-state index in [2.05, 4.69) is 10.2 Å². The van der Waals surface area contributed by atoms with Crippen LogP contribution in [0, 0.1) is 5.82 Å². The molecule has 126 valence electrons. The molecule has 1 aromatic carbocycles. The van der Waals surface area contributed by atoms with Crippen LogP contribution in [0.4, 0.5) is 10.1 Å². The SMILES string of the molecule is CC(C)=CC(=O)NC(C)c1cc(F)ccc1N1CCC(O)CC1. The Morgan fingerprint density at radius 2 is 2.04 bits per heavy atom. The van der Waals surface area contributed by atoms with Gasteiger partial charge in [0.15, 0.2) is 0 Å². The second-order valence-corrected chi connectivity index (χ2v) is 6.37. The van der Waals surface area contributed by atoms with Crippen LogP contribution < -0.4 is 10.2 Å². The molecule has 1 saturated heterocycles. The maximum atomic E-state index is 13.7. The quantitative estimate of drug-likeness (QED) is 0.839. The van der Waals surface area contributed by atoms with Gasteiger partial charge in [0.1, 0.15) is 5.82 Å². The summed E-state index contributed by atoms with van der Waals surface area (Å²) in [6.07, 6.45) is 2.68. The van der Waals surface area contributed by atoms with Gasteiger partial charge in [-0.05, 0) is 51.8 Å². The molecule has 0 saturated carbocycles. The van der Waals surface area contributed by atoms with Gasteiger partial charge in [-0.2, -0.15) is 0 Å². The Balaban J connectivity index is 2.21. The van der Waals surface area contributed by atoms with Crippen LogP contribution >= 0.6 is 0 Å². The maximum absolute atomic E-state index is 13.7. The molecule has 1 fully saturated rings. The summed E-state index contributed by atoms with van der Waals surface area (Å²) in [5.41, 5.74) is 2.60. The number of nitrogens with zero attached hydrogens (tertiary/aromatic N) is 1. The predicted molar refractivity (Wildman–Crippen MR) is 89.8 cm³/mol. The maximum Gasteiger partial charge on any atom is 0.244 e. The summed E-state index contributed by atoms with van der Waals surface area (Å²) < 4.78 is 13.7. The highest BCUT2D eigenvalue weighted by Gasteiger charge is 2.22. The van der Waals surface area contributed by atoms with Gasteiger partial charge in [0, 0.05) is 30.4 Å². The number of piperidine rings is 1. The lowest BCUT2D eigenvalue weighted by Crippen LogP contribution is -2.37. The van der Waals surface area contributed by atoms with E-state index in [1.54, 1.807) is 6.07 Å². The molecule has 23 heavy (non-hydrogen) atoms. The Hall–Kier alpha value is -1.88. The minimum atomic E-state index is -0.316. The van der Waals surface area contributed by atoms with Crippen molar-refractivity contribution in [3.05, 3.63) is 41.2 Å². The second-order valence-electron chi connectivity index (χ2n) is 6.37. The normalized spacial score (nSPS) is 16.8. The van der Waals surface area contributed by atoms with Gasteiger partial charge in [-0.15, -0.1) is 0 Å². The van der Waals surface area contributed by atoms with Crippen molar-refractivity contribution in [2.24, 2.45) is 0 Å². The first kappa shape index (κ1) is 17.5. The fraction of sp³-hybridized carbons (Fsp3) is 0.500. The van der Waals surface area contributed by atoms with Gasteiger partial charge in [-0.3, -0.25) is 4.79 Å². The molecule has 0 aliphatic carbocycles. The summed E-state index contributed by atoms with van der Waals surface area (Å²) in [5, 5.41) is 12.5. The second kappa shape index (κ2) is 7.59. The van der Waals surface area contributed by atoms with E-state index in [1.165, 1.54) is 18.2 Å². The van der Waals surface area contributed by atoms with Crippen molar-refractivity contribution in [3.63, 3.8) is 0 Å². The van der Waals surface area contributed by atoms with Crippen molar-refractivity contribution < 1.29 is 14.3 Å². The molecule has 4 nitrogen and oxygen atoms in total. The number of aliphatic hydroxyl groups excluding tert-OH is 1. The van der Waals surface area contributed by atoms with Gasteiger partial charge in [0.05, 0.1) is 12.1 Å². The van der Waals surface area contributed by atoms with Crippen LogP contribution in [0.2, 0.25) is 0 Å². The molecule has 1 atom stereocenters. The number of carbonyl (C=O) groups excluding carboxylic acids is 1. The summed E-state index contributed by atoms with van der Waals surface area (Å²) >= 11 is 0. The zero-order chi connectivity index (χ0) is 17.0. The average molecular weight is 320 g/mol. The van der Waals surface area contributed by atoms with Crippen LogP contribution in [0.5, 0.6) is 0 Å². The minimum Gasteiger partial charge on any atom is -0.393 e. The van der Waals surface area contributed by atoms with E-state index < -0.39 is 0 Å². The molecule has 1 aliphatic rings. The van der Waals surface area contributed by atoms with Crippen molar-refractivity contribution in [1.82, 2.24) is 5.32 Å². The molecule has 0 radical (unpaired) electrons. The van der Waals surface area contributed by atoms with Gasteiger partial charge >= 0.3 is 0 Å². The molecule has 1 aliphatic heterocycles. The highest BCUT2D eigenvalue weighted by atomic mass is 19.1. The largest absolute Gasteiger partial charge is 0.393 e. The Morgan fingerprint density at radius 1 is 1.39 bits per heavy atom. The number of carbonyl (C=O) groups is 1. The molecule has 2 rings (SSSR count). The molecule has 0 spiro atoms. The standard InChI is InChI=1S/C18H25FN2O2/c1-12(2)10-18(23)20-13(3)16-11-14(19)4-5-17(16)21-8-6-15(22)7-9-21/h4-5,10-11,13,15,22H,6-9H2,1-3H3,(H,20,23). The third-order valence-corrected chi connectivity index (χ3v) is 4.04. The number of hydrogen-bond acceptors (Lipinski definition) is 3. The molecule has 1 heterocycles. The van der Waals surface area contributed by atoms with Crippen LogP contribution in [0.1, 0.15) is 45.2 Å². The van der Waals surface area contributed by atoms with Crippen LogP contribution in [0.3, 0.4) is 0 Å². The van der Waals surface area contributed by atoms with Crippen molar-refractivity contribution in [3.8, 4) is 0 Å². The minimum absolute atomic E-state index is 0.179. The average Bonchev–Trinajstić information content (AvgIpc) is 2.47. The lowest BCUT2D eigenvalue weighted by molar-refractivity contribution is -0.117. The summed E-state index contributed by atoms with van der Waals surface area (Å²) in [6.45, 7) is 7.03. The molecule has 5 heteroatoms. The van der Waals surface area contributed by atoms with Gasteiger partial charge in [-0.1, -0.05) is 5.57 Å². The highest BCUT2D eigenvalue weighted by Crippen LogP contribution is 2.29. The Morgan fingerprint density at radius 3 is 2.65 bits per heavy atom. The number of rotatable bonds is 4. The van der Waals surface area contributed by atoms with E-state index in [-0.39, 0.29) is 23.9 Å². The van der Waals surface area contributed by atoms with E-state index >= 15 is 0 Å². The van der Waals surface area contributed by atoms with Crippen LogP contribution in [-0.2, 0) is 4.79 Å². The van der Waals surface area contributed by atoms with E-state index in [9.17, 15) is 14.3 Å². The van der Waals surface area contributed by atoms with Gasteiger partial charge in [0.2, 0.25) is 5.91 Å². The van der Waals surface area contributed by atoms with Gasteiger partial charge in [-0.25, -0.2) is 4.39 Å². The molecular formula is C18H25FN2O2. The molecule has 1 unspecified atom stereocenters. The molecule has 0 bridgehead atoms. The lowest BCUT2D eigenvalue weighted by Gasteiger charge is -2.34. The topological polar surface area (TPSA) is 52.6 Å². The van der Waals surface area contributed by atoms with Crippen molar-refractivity contribution in [2.45, 2.75) is 45.8 Å². The first-order chi connectivity index (χ1) is 10.9. The van der Waals surface area contributed by atoms with E-state index in [0.29, 0.717) is 12.8 Å². The molecule has 1 amide bonds. The zero-order valence-electron chi connectivity index (χ0n) is 14.0. The van der Waals surface area contributed by atoms with E-state index in [0.717, 1.165) is 29.9 Å². The van der Waals surface area contributed by atoms with Gasteiger partial charge in [0.25, 0.3) is 0 Å². The fourth-order valence-electron chi connectivity index (χ4n) is 2.86. The number of anilines is 1. The monoisotopic (exact) mass is 320 g/mol. The van der Waals surface area contributed by atoms with Crippen LogP contribution in [0.15, 0.2) is 29.8 Å². The first-order valence-electron chi connectivity index (χ1n) is 8.04. The van der Waals surface area contributed by atoms with Crippen molar-refractivity contribution in [2.75, 3.05) is 18.0 Å². The Labute approximate surface area is 137 Å². The van der Waals surface area contributed by atoms with Crippen molar-refractivity contribution >= 4 is 11.6 Å². The lowest BCUT2D eigenvalue weighted by atomic mass is 10.0. The molecular weight excluding hydrogens is 295 g/mol. The number of halogens is 1. The van der Waals surface area contributed by atoms with E-state index in [1.807, 2.05) is 20.8 Å². The fourth-order valence-corrected chi connectivity index (χ4v) is 2.86. The number of nitrogens with one attached hydrogen (secondary N) is 1. The van der Waals surface area contributed by atoms with Crippen LogP contribution in [0.25, 0.3) is 0 Å². The number of amides is 1. The summed E-state index contributed by atoms with van der Waals surface area (Å²) in [7, 11) is 0. The molecule has 0 aromatic heterocycles. The summed E-state index contributed by atoms with van der Waals surface area (Å²) in [6, 6.07) is 4.38. The van der Waals surface area contributed by atoms with Crippen LogP contribution in [-0.4, -0.2) is 30.2 Å². The third kappa shape index (κ3) is 4.79. The Bertz CT molecular complexity index is 589. The zero-order valence-corrected chi connectivity index (χ0v) is 14.0. The van der Waals surface area contributed by atoms with Gasteiger partial charge < -0.3 is 15.3 Å². The number of allylic oxidation sites excluding steroid dienone is 1. The Kier molecular flexibility index (Phi) is 5.77. The number of aliphatic hydroxyl groups is 1. The number of hydrogen-bond donors (Lipinski definition) is 2. The molecule has 1 aromatic rings. The van der Waals surface area contributed by atoms with E-state index in [4.69, 9.17) is 0 Å². The molecule has 2 N–H and O–H groups in total. The highest BCUT2D eigenvalue weighted by molar-refractivity contribution is 5.88. The van der Waals surface area contributed by atoms with Crippen molar-refractivity contribution in [1.29, 1.82) is 0 Å². The number of benzene rings is 1. The predicted octanol–water partition coefficient (Wildman–Crippen LogP) is 2.93. The smallest absolute Gasteiger partial charge is 0.244 e. The summed E-state index contributed by atoms with van der Waals surface area (Å²) in [5.74, 6) is -0.495. The summed E-state index contributed by atoms with van der Waals surface area (Å²) in [4.78, 5) is 14.1. The first-order valence-corrected chi connectivity index (χ1v) is 8.04.